The van der Waals surface area contributed by atoms with Crippen molar-refractivity contribution in [3.05, 3.63) is 34.9 Å². The number of esters is 1. The molecule has 0 aliphatic carbocycles. The van der Waals surface area contributed by atoms with E-state index in [1.54, 1.807) is 0 Å². The summed E-state index contributed by atoms with van der Waals surface area (Å²) >= 11 is 0. The summed E-state index contributed by atoms with van der Waals surface area (Å²) in [5.74, 6) is -5.29. The maximum Gasteiger partial charge on any atom is 0.339 e. The highest BCUT2D eigenvalue weighted by Gasteiger charge is 2.24. The van der Waals surface area contributed by atoms with Gasteiger partial charge in [0.15, 0.2) is 6.10 Å². The number of carboxylic acids is 1. The predicted molar refractivity (Wildman–Crippen MR) is 50.3 cm³/mol. The van der Waals surface area contributed by atoms with Crippen molar-refractivity contribution in [2.24, 2.45) is 0 Å². The minimum Gasteiger partial charge on any atom is -0.478 e. The van der Waals surface area contributed by atoms with E-state index >= 15 is 0 Å². The van der Waals surface area contributed by atoms with Crippen LogP contribution in [-0.4, -0.2) is 29.3 Å². The van der Waals surface area contributed by atoms with Crippen molar-refractivity contribution in [3.8, 4) is 0 Å². The second-order valence-corrected chi connectivity index (χ2v) is 3.08. The minimum atomic E-state index is -2.00. The summed E-state index contributed by atoms with van der Waals surface area (Å²) in [4.78, 5) is 21.4. The molecule has 17 heavy (non-hydrogen) atoms. The van der Waals surface area contributed by atoms with Gasteiger partial charge in [-0.15, -0.1) is 0 Å². The van der Waals surface area contributed by atoms with E-state index in [2.05, 4.69) is 4.74 Å². The number of halogens is 2. The molecular formula is C10H8F2O5. The van der Waals surface area contributed by atoms with Crippen LogP contribution in [0.3, 0.4) is 0 Å². The lowest BCUT2D eigenvalue weighted by molar-refractivity contribution is -0.150. The number of benzene rings is 1. The Hall–Kier alpha value is -2.02. The minimum absolute atomic E-state index is 0.388. The molecular weight excluding hydrogens is 238 g/mol. The topological polar surface area (TPSA) is 83.8 Å². The molecule has 0 saturated heterocycles. The van der Waals surface area contributed by atoms with E-state index in [1.165, 1.54) is 0 Å². The van der Waals surface area contributed by atoms with Crippen LogP contribution in [0.5, 0.6) is 0 Å². The number of hydrogen-bond donors (Lipinski definition) is 2. The first-order valence-corrected chi connectivity index (χ1v) is 4.36. The van der Waals surface area contributed by atoms with Gasteiger partial charge < -0.3 is 14.9 Å². The van der Waals surface area contributed by atoms with Crippen LogP contribution >= 0.6 is 0 Å². The zero-order chi connectivity index (χ0) is 13.2. The van der Waals surface area contributed by atoms with Crippen LogP contribution in [0.4, 0.5) is 8.78 Å². The summed E-state index contributed by atoms with van der Waals surface area (Å²) in [5, 5.41) is 17.8. The standard InChI is InChI=1S/C10H8F2O5/c1-17-10(16)8(13)4-2-7(12)5(9(14)15)3-6(4)11/h2-3,8,13H,1H3,(H,14,15). The van der Waals surface area contributed by atoms with Crippen LogP contribution in [0.2, 0.25) is 0 Å². The first-order chi connectivity index (χ1) is 7.88. The summed E-state index contributed by atoms with van der Waals surface area (Å²) in [6.45, 7) is 0. The molecule has 0 radical (unpaired) electrons. The van der Waals surface area contributed by atoms with Gasteiger partial charge in [-0.25, -0.2) is 18.4 Å². The number of hydrogen-bond acceptors (Lipinski definition) is 4. The number of aliphatic hydroxyl groups is 1. The highest BCUT2D eigenvalue weighted by atomic mass is 19.1. The number of rotatable bonds is 3. The lowest BCUT2D eigenvalue weighted by Crippen LogP contribution is -2.16. The monoisotopic (exact) mass is 246 g/mol. The van der Waals surface area contributed by atoms with E-state index in [0.717, 1.165) is 7.11 Å². The molecule has 0 bridgehead atoms. The molecule has 1 atom stereocenters. The largest absolute Gasteiger partial charge is 0.478 e. The Labute approximate surface area is 94.2 Å². The molecule has 0 aliphatic rings. The molecule has 0 aromatic heterocycles. The number of ether oxygens (including phenoxy) is 1. The first-order valence-electron chi connectivity index (χ1n) is 4.36. The number of carbonyl (C=O) groups excluding carboxylic acids is 1. The lowest BCUT2D eigenvalue weighted by Gasteiger charge is -2.10. The third-order valence-electron chi connectivity index (χ3n) is 2.04. The quantitative estimate of drug-likeness (QED) is 0.773. The summed E-state index contributed by atoms with van der Waals surface area (Å²) in [6.07, 6.45) is -2.00. The smallest absolute Gasteiger partial charge is 0.339 e. The summed E-state index contributed by atoms with van der Waals surface area (Å²) in [6, 6.07) is 0.833. The zero-order valence-corrected chi connectivity index (χ0v) is 8.61. The summed E-state index contributed by atoms with van der Waals surface area (Å²) in [5.41, 5.74) is -1.57. The molecule has 92 valence electrons. The molecule has 0 aliphatic heterocycles. The van der Waals surface area contributed by atoms with E-state index in [9.17, 15) is 23.5 Å². The molecule has 1 aromatic rings. The average Bonchev–Trinajstić information content (AvgIpc) is 2.29. The number of methoxy groups -OCH3 is 1. The van der Waals surface area contributed by atoms with Gasteiger partial charge in [-0.3, -0.25) is 0 Å². The Morgan fingerprint density at radius 3 is 2.35 bits per heavy atom. The fourth-order valence-electron chi connectivity index (χ4n) is 1.17. The second-order valence-electron chi connectivity index (χ2n) is 3.08. The number of carboxylic acid groups (broad SMARTS) is 1. The van der Waals surface area contributed by atoms with Crippen molar-refractivity contribution in [1.29, 1.82) is 0 Å². The van der Waals surface area contributed by atoms with Crippen LogP contribution < -0.4 is 0 Å². The van der Waals surface area contributed by atoms with E-state index in [1.807, 2.05) is 0 Å². The van der Waals surface area contributed by atoms with Gasteiger partial charge in [-0.1, -0.05) is 0 Å². The summed E-state index contributed by atoms with van der Waals surface area (Å²) < 4.78 is 30.7. The van der Waals surface area contributed by atoms with Gasteiger partial charge in [0, 0.05) is 5.56 Å². The lowest BCUT2D eigenvalue weighted by atomic mass is 10.1. The average molecular weight is 246 g/mol. The number of carbonyl (C=O) groups is 2. The highest BCUT2D eigenvalue weighted by molar-refractivity contribution is 5.88. The normalized spacial score (nSPS) is 12.0. The molecule has 0 saturated carbocycles. The Bertz CT molecular complexity index is 472. The van der Waals surface area contributed by atoms with Crippen LogP contribution in [0, 0.1) is 11.6 Å². The molecule has 7 heteroatoms. The Kier molecular flexibility index (Phi) is 3.74. The van der Waals surface area contributed by atoms with Gasteiger partial charge in [0.25, 0.3) is 0 Å². The molecule has 1 unspecified atom stereocenters. The van der Waals surface area contributed by atoms with Gasteiger partial charge in [0.1, 0.15) is 11.6 Å². The van der Waals surface area contributed by atoms with Crippen LogP contribution in [0.25, 0.3) is 0 Å². The van der Waals surface area contributed by atoms with Crippen molar-refractivity contribution in [2.75, 3.05) is 7.11 Å². The van der Waals surface area contributed by atoms with Crippen molar-refractivity contribution >= 4 is 11.9 Å². The zero-order valence-electron chi connectivity index (χ0n) is 8.61. The fourth-order valence-corrected chi connectivity index (χ4v) is 1.17. The molecule has 0 spiro atoms. The maximum absolute atomic E-state index is 13.3. The third kappa shape index (κ3) is 2.56. The molecule has 0 fully saturated rings. The van der Waals surface area contributed by atoms with E-state index < -0.39 is 40.8 Å². The Balaban J connectivity index is 3.24. The van der Waals surface area contributed by atoms with E-state index in [4.69, 9.17) is 5.11 Å². The van der Waals surface area contributed by atoms with E-state index in [-0.39, 0.29) is 0 Å². The highest BCUT2D eigenvalue weighted by Crippen LogP contribution is 2.22. The SMILES string of the molecule is COC(=O)C(O)c1cc(F)c(C(=O)O)cc1F. The maximum atomic E-state index is 13.3. The van der Waals surface area contributed by atoms with Crippen molar-refractivity contribution in [1.82, 2.24) is 0 Å². The molecule has 5 nitrogen and oxygen atoms in total. The predicted octanol–water partition coefficient (Wildman–Crippen LogP) is 0.869. The molecule has 2 N–H and O–H groups in total. The van der Waals surface area contributed by atoms with Crippen LogP contribution in [-0.2, 0) is 9.53 Å². The fraction of sp³-hybridized carbons (Fsp3) is 0.200. The Morgan fingerprint density at radius 2 is 1.88 bits per heavy atom. The van der Waals surface area contributed by atoms with Crippen molar-refractivity contribution in [3.63, 3.8) is 0 Å². The Morgan fingerprint density at radius 1 is 1.29 bits per heavy atom. The summed E-state index contributed by atoms with van der Waals surface area (Å²) in [7, 11) is 0.964. The number of aromatic carboxylic acids is 1. The van der Waals surface area contributed by atoms with Gasteiger partial charge in [0.05, 0.1) is 12.7 Å². The van der Waals surface area contributed by atoms with Gasteiger partial charge in [-0.05, 0) is 12.1 Å². The van der Waals surface area contributed by atoms with Gasteiger partial charge in [-0.2, -0.15) is 0 Å². The van der Waals surface area contributed by atoms with Gasteiger partial charge >= 0.3 is 11.9 Å². The second kappa shape index (κ2) is 4.88. The van der Waals surface area contributed by atoms with Gasteiger partial charge in [0.2, 0.25) is 0 Å². The van der Waals surface area contributed by atoms with Crippen molar-refractivity contribution < 1.29 is 33.3 Å². The van der Waals surface area contributed by atoms with Crippen LogP contribution in [0.15, 0.2) is 12.1 Å². The van der Waals surface area contributed by atoms with E-state index in [0.29, 0.717) is 12.1 Å². The first kappa shape index (κ1) is 13.0. The third-order valence-corrected chi connectivity index (χ3v) is 2.04. The van der Waals surface area contributed by atoms with Crippen molar-refractivity contribution in [2.45, 2.75) is 6.10 Å². The number of aliphatic hydroxyl groups excluding tert-OH is 1. The molecule has 1 rings (SSSR count). The molecule has 0 heterocycles. The molecule has 1 aromatic carbocycles. The van der Waals surface area contributed by atoms with Crippen LogP contribution in [0.1, 0.15) is 22.0 Å². The molecule has 0 amide bonds.